The second-order valence-corrected chi connectivity index (χ2v) is 5.69. The fourth-order valence-corrected chi connectivity index (χ4v) is 2.59. The van der Waals surface area contributed by atoms with Gasteiger partial charge in [-0.25, -0.2) is 4.79 Å². The smallest absolute Gasteiger partial charge is 0.315 e. The molecule has 0 aliphatic rings. The van der Waals surface area contributed by atoms with Crippen molar-refractivity contribution in [3.8, 4) is 11.5 Å². The molecule has 0 aliphatic heterocycles. The molecule has 25 heavy (non-hydrogen) atoms. The van der Waals surface area contributed by atoms with Gasteiger partial charge < -0.3 is 15.1 Å². The molecule has 0 atom stereocenters. The number of amides is 2. The molecule has 3 rings (SSSR count). The van der Waals surface area contributed by atoms with Crippen LogP contribution in [0, 0.1) is 0 Å². The highest BCUT2D eigenvalue weighted by Crippen LogP contribution is 2.21. The van der Waals surface area contributed by atoms with Crippen LogP contribution in [0.15, 0.2) is 71.5 Å². The second-order valence-electron chi connectivity index (χ2n) is 5.69. The van der Waals surface area contributed by atoms with Crippen molar-refractivity contribution in [2.24, 2.45) is 0 Å². The Balaban J connectivity index is 1.44. The molecular weight excluding hydrogens is 314 g/mol. The number of benzene rings is 1. The van der Waals surface area contributed by atoms with Crippen LogP contribution in [0.3, 0.4) is 0 Å². The molecule has 5 nitrogen and oxygen atoms in total. The van der Waals surface area contributed by atoms with Crippen LogP contribution >= 0.6 is 0 Å². The first-order valence-corrected chi connectivity index (χ1v) is 8.36. The van der Waals surface area contributed by atoms with E-state index in [-0.39, 0.29) is 6.03 Å². The Hall–Kier alpha value is -3.08. The molecule has 1 aromatic carbocycles. The molecule has 0 fully saturated rings. The minimum atomic E-state index is -0.178. The number of hydrogen-bond donors (Lipinski definition) is 2. The summed E-state index contributed by atoms with van der Waals surface area (Å²) in [6.07, 6.45) is 5.18. The summed E-state index contributed by atoms with van der Waals surface area (Å²) in [6, 6.07) is 17.5. The zero-order valence-electron chi connectivity index (χ0n) is 13.9. The Morgan fingerprint density at radius 3 is 2.68 bits per heavy atom. The summed E-state index contributed by atoms with van der Waals surface area (Å²) in [6.45, 7) is 1.03. The number of urea groups is 1. The number of nitrogens with one attached hydrogen (secondary N) is 2. The fourth-order valence-electron chi connectivity index (χ4n) is 2.59. The third kappa shape index (κ3) is 4.94. The van der Waals surface area contributed by atoms with Crippen LogP contribution in [-0.2, 0) is 13.0 Å². The maximum atomic E-state index is 12.0. The van der Waals surface area contributed by atoms with E-state index in [1.54, 1.807) is 12.5 Å². The molecule has 3 aromatic rings. The number of hydrogen-bond acceptors (Lipinski definition) is 3. The molecule has 0 bridgehead atoms. The predicted octanol–water partition coefficient (Wildman–Crippen LogP) is 3.77. The van der Waals surface area contributed by atoms with E-state index in [2.05, 4.69) is 27.8 Å². The first kappa shape index (κ1) is 16.8. The molecule has 0 spiro atoms. The number of carbonyl (C=O) groups is 1. The monoisotopic (exact) mass is 335 g/mol. The molecule has 5 heteroatoms. The molecule has 2 amide bonds. The van der Waals surface area contributed by atoms with E-state index in [1.165, 1.54) is 5.56 Å². The van der Waals surface area contributed by atoms with E-state index < -0.39 is 0 Å². The maximum Gasteiger partial charge on any atom is 0.315 e. The summed E-state index contributed by atoms with van der Waals surface area (Å²) in [4.78, 5) is 16.3. The van der Waals surface area contributed by atoms with Gasteiger partial charge in [-0.1, -0.05) is 36.4 Å². The molecule has 0 radical (unpaired) electrons. The van der Waals surface area contributed by atoms with Crippen molar-refractivity contribution in [2.75, 3.05) is 6.54 Å². The topological polar surface area (TPSA) is 67.2 Å². The Morgan fingerprint density at radius 2 is 1.88 bits per heavy atom. The zero-order valence-corrected chi connectivity index (χ0v) is 13.9. The summed E-state index contributed by atoms with van der Waals surface area (Å²) in [5.74, 6) is 0.695. The summed E-state index contributed by atoms with van der Waals surface area (Å²) >= 11 is 0. The molecule has 128 valence electrons. The van der Waals surface area contributed by atoms with Crippen molar-refractivity contribution in [3.05, 3.63) is 78.2 Å². The molecule has 0 saturated heterocycles. The predicted molar refractivity (Wildman–Crippen MR) is 96.9 cm³/mol. The molecular formula is C20H21N3O2. The Morgan fingerprint density at radius 1 is 1.00 bits per heavy atom. The van der Waals surface area contributed by atoms with Gasteiger partial charge in [-0.05, 0) is 36.6 Å². The van der Waals surface area contributed by atoms with Crippen molar-refractivity contribution in [1.29, 1.82) is 0 Å². The van der Waals surface area contributed by atoms with Gasteiger partial charge >= 0.3 is 6.03 Å². The standard InChI is InChI=1S/C20H21N3O2/c24-20(22-13-4-9-16-7-2-1-3-8-16)23-15-17-10-5-12-21-19(17)18-11-6-14-25-18/h1-3,5-8,10-12,14H,4,9,13,15H2,(H2,22,23,24). The highest BCUT2D eigenvalue weighted by Gasteiger charge is 2.09. The number of nitrogens with zero attached hydrogens (tertiary/aromatic N) is 1. The van der Waals surface area contributed by atoms with Crippen LogP contribution in [0.1, 0.15) is 17.5 Å². The van der Waals surface area contributed by atoms with Crippen molar-refractivity contribution >= 4 is 6.03 Å². The van der Waals surface area contributed by atoms with E-state index in [0.717, 1.165) is 24.1 Å². The van der Waals surface area contributed by atoms with Crippen molar-refractivity contribution in [1.82, 2.24) is 15.6 Å². The molecule has 2 heterocycles. The van der Waals surface area contributed by atoms with E-state index in [9.17, 15) is 4.79 Å². The minimum Gasteiger partial charge on any atom is -0.463 e. The maximum absolute atomic E-state index is 12.0. The van der Waals surface area contributed by atoms with Crippen LogP contribution in [-0.4, -0.2) is 17.6 Å². The lowest BCUT2D eigenvalue weighted by atomic mass is 10.1. The summed E-state index contributed by atoms with van der Waals surface area (Å²) in [5.41, 5.74) is 2.94. The molecule has 2 N–H and O–H groups in total. The van der Waals surface area contributed by atoms with Gasteiger partial charge in [0.25, 0.3) is 0 Å². The van der Waals surface area contributed by atoms with E-state index in [1.807, 2.05) is 42.5 Å². The van der Waals surface area contributed by atoms with Gasteiger partial charge in [-0.15, -0.1) is 0 Å². The Labute approximate surface area is 147 Å². The van der Waals surface area contributed by atoms with Gasteiger partial charge in [0, 0.05) is 24.8 Å². The number of aromatic nitrogens is 1. The van der Waals surface area contributed by atoms with Gasteiger partial charge in [0.05, 0.1) is 6.26 Å². The van der Waals surface area contributed by atoms with Crippen LogP contribution in [0.2, 0.25) is 0 Å². The normalized spacial score (nSPS) is 10.4. The molecule has 2 aromatic heterocycles. The molecule has 0 aliphatic carbocycles. The van der Waals surface area contributed by atoms with Gasteiger partial charge in [-0.2, -0.15) is 0 Å². The fraction of sp³-hybridized carbons (Fsp3) is 0.200. The minimum absolute atomic E-state index is 0.178. The average molecular weight is 335 g/mol. The number of carbonyl (C=O) groups excluding carboxylic acids is 1. The summed E-state index contributed by atoms with van der Waals surface area (Å²) < 4.78 is 5.40. The number of rotatable bonds is 7. The van der Waals surface area contributed by atoms with Gasteiger partial charge in [-0.3, -0.25) is 4.98 Å². The largest absolute Gasteiger partial charge is 0.463 e. The highest BCUT2D eigenvalue weighted by atomic mass is 16.3. The van der Waals surface area contributed by atoms with Crippen LogP contribution in [0.25, 0.3) is 11.5 Å². The van der Waals surface area contributed by atoms with Crippen molar-refractivity contribution in [2.45, 2.75) is 19.4 Å². The van der Waals surface area contributed by atoms with Gasteiger partial charge in [0.1, 0.15) is 5.69 Å². The number of furan rings is 1. The summed E-state index contributed by atoms with van der Waals surface area (Å²) in [7, 11) is 0. The molecule has 0 unspecified atom stereocenters. The summed E-state index contributed by atoms with van der Waals surface area (Å²) in [5, 5.41) is 5.75. The first-order valence-electron chi connectivity index (χ1n) is 8.36. The van der Waals surface area contributed by atoms with Crippen LogP contribution in [0.5, 0.6) is 0 Å². The van der Waals surface area contributed by atoms with Crippen molar-refractivity contribution in [3.63, 3.8) is 0 Å². The second kappa shape index (κ2) is 8.68. The lowest BCUT2D eigenvalue weighted by molar-refractivity contribution is 0.240. The Kier molecular flexibility index (Phi) is 5.82. The van der Waals surface area contributed by atoms with Gasteiger partial charge in [0.2, 0.25) is 0 Å². The number of pyridine rings is 1. The lowest BCUT2D eigenvalue weighted by Gasteiger charge is -2.10. The zero-order chi connectivity index (χ0) is 17.3. The van der Waals surface area contributed by atoms with Crippen LogP contribution in [0.4, 0.5) is 4.79 Å². The quantitative estimate of drug-likeness (QED) is 0.646. The third-order valence-corrected chi connectivity index (χ3v) is 3.86. The first-order chi connectivity index (χ1) is 12.3. The molecule has 0 saturated carbocycles. The van der Waals surface area contributed by atoms with Gasteiger partial charge in [0.15, 0.2) is 5.76 Å². The van der Waals surface area contributed by atoms with E-state index in [0.29, 0.717) is 18.8 Å². The van der Waals surface area contributed by atoms with E-state index >= 15 is 0 Å². The van der Waals surface area contributed by atoms with Crippen molar-refractivity contribution < 1.29 is 9.21 Å². The highest BCUT2D eigenvalue weighted by molar-refractivity contribution is 5.74. The van der Waals surface area contributed by atoms with E-state index in [4.69, 9.17) is 4.42 Å². The Bertz CT molecular complexity index is 786. The SMILES string of the molecule is O=C(NCCCc1ccccc1)NCc1cccnc1-c1ccco1. The third-order valence-electron chi connectivity index (χ3n) is 3.86. The lowest BCUT2D eigenvalue weighted by Crippen LogP contribution is -2.35. The van der Waals surface area contributed by atoms with Crippen LogP contribution < -0.4 is 10.6 Å². The average Bonchev–Trinajstić information content (AvgIpc) is 3.19. The number of aryl methyl sites for hydroxylation is 1.